The van der Waals surface area contributed by atoms with Gasteiger partial charge >= 0.3 is 18.2 Å². The van der Waals surface area contributed by atoms with Gasteiger partial charge in [-0.05, 0) is 39.2 Å². The van der Waals surface area contributed by atoms with E-state index in [1.165, 1.54) is 4.90 Å². The summed E-state index contributed by atoms with van der Waals surface area (Å²) in [6.07, 6.45) is 1.76. The van der Waals surface area contributed by atoms with E-state index in [1.807, 2.05) is 51.1 Å². The van der Waals surface area contributed by atoms with Crippen molar-refractivity contribution in [2.45, 2.75) is 64.7 Å². The summed E-state index contributed by atoms with van der Waals surface area (Å²) in [5.74, 6) is -0.409. The summed E-state index contributed by atoms with van der Waals surface area (Å²) in [4.78, 5) is 37.2. The fourth-order valence-electron chi connectivity index (χ4n) is 2.85. The number of benzene rings is 1. The smallest absolute Gasteiger partial charge is 0.413 e. The van der Waals surface area contributed by atoms with Gasteiger partial charge in [-0.15, -0.1) is 0 Å². The number of esters is 1. The molecule has 29 heavy (non-hydrogen) atoms. The van der Waals surface area contributed by atoms with Crippen LogP contribution in [-0.4, -0.2) is 48.0 Å². The van der Waals surface area contributed by atoms with Crippen LogP contribution in [0.25, 0.3) is 0 Å². The fraction of sp³-hybridized carbons (Fsp3) is 0.571. The highest BCUT2D eigenvalue weighted by Gasteiger charge is 2.38. The molecule has 1 aliphatic rings. The summed E-state index contributed by atoms with van der Waals surface area (Å²) in [6.45, 7) is 5.98. The van der Waals surface area contributed by atoms with Gasteiger partial charge in [0.25, 0.3) is 0 Å². The van der Waals surface area contributed by atoms with Gasteiger partial charge in [-0.1, -0.05) is 43.2 Å². The maximum atomic E-state index is 12.3. The molecule has 8 heteroatoms. The third-order valence-corrected chi connectivity index (χ3v) is 4.26. The lowest BCUT2D eigenvalue weighted by Gasteiger charge is -2.20. The molecule has 1 N–H and O–H groups in total. The van der Waals surface area contributed by atoms with Gasteiger partial charge in [0.1, 0.15) is 18.2 Å². The zero-order chi connectivity index (χ0) is 21.3. The molecule has 0 aliphatic carbocycles. The first-order chi connectivity index (χ1) is 13.8. The summed E-state index contributed by atoms with van der Waals surface area (Å²) >= 11 is 0. The maximum absolute atomic E-state index is 12.3. The molecule has 1 heterocycles. The number of hydrogen-bond acceptors (Lipinski definition) is 6. The van der Waals surface area contributed by atoms with Crippen LogP contribution in [0.1, 0.15) is 52.0 Å². The highest BCUT2D eigenvalue weighted by molar-refractivity contribution is 5.83. The number of carbonyl (C=O) groups is 3. The van der Waals surface area contributed by atoms with Crippen molar-refractivity contribution in [3.63, 3.8) is 0 Å². The summed E-state index contributed by atoms with van der Waals surface area (Å²) in [5.41, 5.74) is 0.354. The van der Waals surface area contributed by atoms with E-state index in [2.05, 4.69) is 5.32 Å². The molecule has 2 amide bonds. The van der Waals surface area contributed by atoms with Gasteiger partial charge in [0, 0.05) is 6.54 Å². The van der Waals surface area contributed by atoms with Crippen molar-refractivity contribution in [3.05, 3.63) is 35.9 Å². The largest absolute Gasteiger partial charge is 0.444 e. The second-order valence-electron chi connectivity index (χ2n) is 7.90. The SMILES string of the molecule is CC(C)(C)OC(=O)NCCCCC[C@H]1C(=O)OCN1C(=O)OCc1ccccc1. The van der Waals surface area contributed by atoms with Crippen LogP contribution in [0.5, 0.6) is 0 Å². The molecule has 0 bridgehead atoms. The molecule has 1 aliphatic heterocycles. The number of cyclic esters (lactones) is 1. The molecule has 1 fully saturated rings. The number of nitrogens with one attached hydrogen (secondary N) is 1. The van der Waals surface area contributed by atoms with Crippen LogP contribution in [0, 0.1) is 0 Å². The lowest BCUT2D eigenvalue weighted by Crippen LogP contribution is -2.38. The average Bonchev–Trinajstić information content (AvgIpc) is 3.02. The molecular formula is C21H30N2O6. The van der Waals surface area contributed by atoms with Crippen molar-refractivity contribution in [3.8, 4) is 0 Å². The number of carbonyl (C=O) groups excluding carboxylic acids is 3. The van der Waals surface area contributed by atoms with Crippen molar-refractivity contribution < 1.29 is 28.6 Å². The molecule has 1 saturated heterocycles. The van der Waals surface area contributed by atoms with E-state index in [9.17, 15) is 14.4 Å². The highest BCUT2D eigenvalue weighted by atomic mass is 16.6. The Balaban J connectivity index is 1.67. The van der Waals surface area contributed by atoms with Crippen molar-refractivity contribution >= 4 is 18.2 Å². The Morgan fingerprint density at radius 3 is 2.59 bits per heavy atom. The number of amides is 2. The number of alkyl carbamates (subject to hydrolysis) is 1. The molecule has 0 aromatic heterocycles. The number of nitrogens with zero attached hydrogens (tertiary/aromatic N) is 1. The topological polar surface area (TPSA) is 94.2 Å². The van der Waals surface area contributed by atoms with Crippen LogP contribution in [-0.2, 0) is 25.6 Å². The lowest BCUT2D eigenvalue weighted by atomic mass is 10.1. The van der Waals surface area contributed by atoms with E-state index in [0.29, 0.717) is 13.0 Å². The Morgan fingerprint density at radius 2 is 1.90 bits per heavy atom. The van der Waals surface area contributed by atoms with Gasteiger partial charge in [0.2, 0.25) is 0 Å². The van der Waals surface area contributed by atoms with Crippen LogP contribution >= 0.6 is 0 Å². The Labute approximate surface area is 171 Å². The van der Waals surface area contributed by atoms with Crippen molar-refractivity contribution in [1.29, 1.82) is 0 Å². The summed E-state index contributed by atoms with van der Waals surface area (Å²) < 4.78 is 15.5. The standard InChI is InChI=1S/C21H30N2O6/c1-21(2,3)29-19(25)22-13-9-5-8-12-17-18(24)28-15-23(17)20(26)27-14-16-10-6-4-7-11-16/h4,6-7,10-11,17H,5,8-9,12-15H2,1-3H3,(H,22,25)/t17-/m0/s1. The van der Waals surface area contributed by atoms with Crippen LogP contribution < -0.4 is 5.32 Å². The average molecular weight is 406 g/mol. The van der Waals surface area contributed by atoms with Crippen molar-refractivity contribution in [1.82, 2.24) is 10.2 Å². The fourth-order valence-corrected chi connectivity index (χ4v) is 2.85. The van der Waals surface area contributed by atoms with Gasteiger partial charge in [0.15, 0.2) is 6.73 Å². The summed E-state index contributed by atoms with van der Waals surface area (Å²) in [6, 6.07) is 8.72. The molecule has 160 valence electrons. The molecule has 1 aromatic carbocycles. The third kappa shape index (κ3) is 8.01. The number of unbranched alkanes of at least 4 members (excludes halogenated alkanes) is 2. The van der Waals surface area contributed by atoms with Gasteiger partial charge in [-0.2, -0.15) is 0 Å². The van der Waals surface area contributed by atoms with Crippen LogP contribution in [0.4, 0.5) is 9.59 Å². The molecule has 0 radical (unpaired) electrons. The summed E-state index contributed by atoms with van der Waals surface area (Å²) in [5, 5.41) is 2.70. The number of rotatable bonds is 8. The van der Waals surface area contributed by atoms with E-state index in [4.69, 9.17) is 14.2 Å². The monoisotopic (exact) mass is 406 g/mol. The lowest BCUT2D eigenvalue weighted by molar-refractivity contribution is -0.139. The van der Waals surface area contributed by atoms with Gasteiger partial charge in [-0.3, -0.25) is 4.90 Å². The molecule has 0 spiro atoms. The van der Waals surface area contributed by atoms with Crippen LogP contribution in [0.3, 0.4) is 0 Å². The van der Waals surface area contributed by atoms with E-state index < -0.39 is 29.8 Å². The quantitative estimate of drug-likeness (QED) is 0.403. The first kappa shape index (κ1) is 22.5. The van der Waals surface area contributed by atoms with E-state index in [-0.39, 0.29) is 13.3 Å². The third-order valence-electron chi connectivity index (χ3n) is 4.26. The Bertz CT molecular complexity index is 686. The minimum absolute atomic E-state index is 0.0860. The summed E-state index contributed by atoms with van der Waals surface area (Å²) in [7, 11) is 0. The van der Waals surface area contributed by atoms with Gasteiger partial charge < -0.3 is 19.5 Å². The normalized spacial score (nSPS) is 16.3. The minimum atomic E-state index is -0.628. The van der Waals surface area contributed by atoms with Crippen molar-refractivity contribution in [2.75, 3.05) is 13.3 Å². The second-order valence-corrected chi connectivity index (χ2v) is 7.90. The number of ether oxygens (including phenoxy) is 3. The van der Waals surface area contributed by atoms with Crippen LogP contribution in [0.2, 0.25) is 0 Å². The van der Waals surface area contributed by atoms with Gasteiger partial charge in [0.05, 0.1) is 0 Å². The molecule has 0 saturated carbocycles. The van der Waals surface area contributed by atoms with Gasteiger partial charge in [-0.25, -0.2) is 14.4 Å². The number of hydrogen-bond donors (Lipinski definition) is 1. The predicted molar refractivity (Wildman–Crippen MR) is 106 cm³/mol. The van der Waals surface area contributed by atoms with E-state index >= 15 is 0 Å². The maximum Gasteiger partial charge on any atom is 0.413 e. The van der Waals surface area contributed by atoms with Crippen LogP contribution in [0.15, 0.2) is 30.3 Å². The van der Waals surface area contributed by atoms with Crippen molar-refractivity contribution in [2.24, 2.45) is 0 Å². The molecule has 0 unspecified atom stereocenters. The zero-order valence-corrected chi connectivity index (χ0v) is 17.3. The van der Waals surface area contributed by atoms with E-state index in [0.717, 1.165) is 24.8 Å². The Hall–Kier alpha value is -2.77. The molecule has 1 atom stereocenters. The predicted octanol–water partition coefficient (Wildman–Crippen LogP) is 3.59. The molecular weight excluding hydrogens is 376 g/mol. The Morgan fingerprint density at radius 1 is 1.17 bits per heavy atom. The zero-order valence-electron chi connectivity index (χ0n) is 17.3. The molecule has 2 rings (SSSR count). The molecule has 1 aromatic rings. The first-order valence-electron chi connectivity index (χ1n) is 9.87. The minimum Gasteiger partial charge on any atom is -0.444 e. The second kappa shape index (κ2) is 10.7. The molecule has 8 nitrogen and oxygen atoms in total. The first-order valence-corrected chi connectivity index (χ1v) is 9.87. The highest BCUT2D eigenvalue weighted by Crippen LogP contribution is 2.19. The Kier molecular flexibility index (Phi) is 8.30. The van der Waals surface area contributed by atoms with E-state index in [1.54, 1.807) is 0 Å².